The minimum absolute atomic E-state index is 0.178. The summed E-state index contributed by atoms with van der Waals surface area (Å²) >= 11 is 0. The fourth-order valence-electron chi connectivity index (χ4n) is 3.27. The summed E-state index contributed by atoms with van der Waals surface area (Å²) < 4.78 is 19.0. The van der Waals surface area contributed by atoms with Crippen LogP contribution < -0.4 is 15.1 Å². The van der Waals surface area contributed by atoms with Gasteiger partial charge in [-0.3, -0.25) is 4.79 Å². The lowest BCUT2D eigenvalue weighted by atomic mass is 10.2. The molecule has 1 N–H and O–H groups in total. The first-order valence-corrected chi connectivity index (χ1v) is 8.90. The molecule has 0 radical (unpaired) electrons. The highest BCUT2D eigenvalue weighted by Crippen LogP contribution is 2.24. The van der Waals surface area contributed by atoms with Crippen molar-refractivity contribution < 1.29 is 13.6 Å². The third-order valence-electron chi connectivity index (χ3n) is 4.71. The molecule has 5 nitrogen and oxygen atoms in total. The quantitative estimate of drug-likeness (QED) is 0.759. The summed E-state index contributed by atoms with van der Waals surface area (Å²) in [6.07, 6.45) is 1.47. The number of para-hydroxylation sites is 1. The summed E-state index contributed by atoms with van der Waals surface area (Å²) in [5, 5.41) is 2.81. The molecule has 2 heterocycles. The van der Waals surface area contributed by atoms with Crippen LogP contribution in [0, 0.1) is 5.82 Å². The van der Waals surface area contributed by atoms with E-state index in [1.165, 1.54) is 12.3 Å². The van der Waals surface area contributed by atoms with Gasteiger partial charge in [-0.1, -0.05) is 12.1 Å². The molecule has 6 heteroatoms. The van der Waals surface area contributed by atoms with Crippen LogP contribution in [-0.2, 0) is 0 Å². The number of nitrogens with one attached hydrogen (secondary N) is 1. The highest BCUT2D eigenvalue weighted by Gasteiger charge is 2.19. The van der Waals surface area contributed by atoms with Crippen molar-refractivity contribution in [1.82, 2.24) is 0 Å². The van der Waals surface area contributed by atoms with Crippen molar-refractivity contribution in [3.05, 3.63) is 78.5 Å². The number of benzene rings is 2. The average Bonchev–Trinajstić information content (AvgIpc) is 3.24. The van der Waals surface area contributed by atoms with Crippen LogP contribution in [0.1, 0.15) is 10.6 Å². The molecule has 3 aromatic rings. The number of amides is 1. The molecule has 0 unspecified atom stereocenters. The predicted molar refractivity (Wildman–Crippen MR) is 104 cm³/mol. The molecule has 1 saturated heterocycles. The highest BCUT2D eigenvalue weighted by molar-refractivity contribution is 6.02. The summed E-state index contributed by atoms with van der Waals surface area (Å²) in [6, 6.07) is 17.9. The zero-order valence-corrected chi connectivity index (χ0v) is 14.8. The van der Waals surface area contributed by atoms with E-state index < -0.39 is 0 Å². The van der Waals surface area contributed by atoms with Crippen LogP contribution in [0.2, 0.25) is 0 Å². The van der Waals surface area contributed by atoms with Crippen molar-refractivity contribution in [2.75, 3.05) is 41.3 Å². The molecule has 0 aliphatic carbocycles. The van der Waals surface area contributed by atoms with Crippen molar-refractivity contribution >= 4 is 23.0 Å². The number of carbonyl (C=O) groups excluding carboxylic acids is 1. The van der Waals surface area contributed by atoms with Crippen LogP contribution in [0.15, 0.2) is 71.3 Å². The second-order valence-corrected chi connectivity index (χ2v) is 6.40. The Labute approximate surface area is 157 Å². The fourth-order valence-corrected chi connectivity index (χ4v) is 3.27. The minimum atomic E-state index is -0.272. The van der Waals surface area contributed by atoms with E-state index in [9.17, 15) is 9.18 Å². The van der Waals surface area contributed by atoms with Gasteiger partial charge in [0.05, 0.1) is 12.0 Å². The van der Waals surface area contributed by atoms with Crippen molar-refractivity contribution in [3.63, 3.8) is 0 Å². The van der Waals surface area contributed by atoms with Gasteiger partial charge < -0.3 is 19.5 Å². The average molecular weight is 365 g/mol. The van der Waals surface area contributed by atoms with Crippen LogP contribution in [0.5, 0.6) is 0 Å². The molecule has 138 valence electrons. The van der Waals surface area contributed by atoms with Crippen molar-refractivity contribution in [1.29, 1.82) is 0 Å². The van der Waals surface area contributed by atoms with Gasteiger partial charge in [-0.15, -0.1) is 0 Å². The number of anilines is 3. The maximum atomic E-state index is 13.9. The van der Waals surface area contributed by atoms with Crippen LogP contribution in [0.4, 0.5) is 21.5 Å². The smallest absolute Gasteiger partial charge is 0.291 e. The van der Waals surface area contributed by atoms with Gasteiger partial charge in [0.25, 0.3) is 5.91 Å². The van der Waals surface area contributed by atoms with E-state index in [2.05, 4.69) is 15.1 Å². The number of hydrogen-bond acceptors (Lipinski definition) is 4. The molecule has 1 aromatic heterocycles. The lowest BCUT2D eigenvalue weighted by Gasteiger charge is -2.37. The molecule has 0 bridgehead atoms. The number of piperazine rings is 1. The molecule has 1 aliphatic heterocycles. The fraction of sp³-hybridized carbons (Fsp3) is 0.190. The first-order chi connectivity index (χ1) is 13.2. The normalized spacial score (nSPS) is 14.3. The Bertz CT molecular complexity index is 901. The van der Waals surface area contributed by atoms with Crippen LogP contribution in [-0.4, -0.2) is 32.1 Å². The number of halogens is 1. The zero-order chi connectivity index (χ0) is 18.6. The maximum Gasteiger partial charge on any atom is 0.291 e. The molecular weight excluding hydrogens is 345 g/mol. The first-order valence-electron chi connectivity index (χ1n) is 8.90. The monoisotopic (exact) mass is 365 g/mol. The van der Waals surface area contributed by atoms with Gasteiger partial charge in [0.15, 0.2) is 5.76 Å². The van der Waals surface area contributed by atoms with Gasteiger partial charge in [-0.25, -0.2) is 4.39 Å². The third-order valence-corrected chi connectivity index (χ3v) is 4.71. The second-order valence-electron chi connectivity index (χ2n) is 6.40. The van der Waals surface area contributed by atoms with Gasteiger partial charge >= 0.3 is 0 Å². The standard InChI is InChI=1S/C21H20FN3O2/c22-18-4-1-2-5-19(18)25-13-11-24(12-14-25)17-9-7-16(8-10-17)23-21(26)20-6-3-15-27-20/h1-10,15H,11-14H2,(H,23,26). The lowest BCUT2D eigenvalue weighted by molar-refractivity contribution is 0.0996. The van der Waals surface area contributed by atoms with Crippen molar-refractivity contribution in [2.24, 2.45) is 0 Å². The Morgan fingerprint density at radius 1 is 0.889 bits per heavy atom. The summed E-state index contributed by atoms with van der Waals surface area (Å²) in [7, 11) is 0. The minimum Gasteiger partial charge on any atom is -0.459 e. The molecule has 0 saturated carbocycles. The summed E-state index contributed by atoms with van der Waals surface area (Å²) in [4.78, 5) is 16.3. The van der Waals surface area contributed by atoms with Gasteiger partial charge in [0.1, 0.15) is 5.82 Å². The molecule has 4 rings (SSSR count). The SMILES string of the molecule is O=C(Nc1ccc(N2CCN(c3ccccc3F)CC2)cc1)c1ccco1. The highest BCUT2D eigenvalue weighted by atomic mass is 19.1. The number of rotatable bonds is 4. The van der Waals surface area contributed by atoms with Gasteiger partial charge in [-0.05, 0) is 48.5 Å². The van der Waals surface area contributed by atoms with E-state index >= 15 is 0 Å². The Morgan fingerprint density at radius 3 is 2.26 bits per heavy atom. The van der Waals surface area contributed by atoms with Crippen molar-refractivity contribution in [2.45, 2.75) is 0 Å². The predicted octanol–water partition coefficient (Wildman–Crippen LogP) is 4.00. The molecule has 2 aromatic carbocycles. The molecule has 1 fully saturated rings. The van der Waals surface area contributed by atoms with Crippen LogP contribution in [0.3, 0.4) is 0 Å². The second kappa shape index (κ2) is 7.53. The van der Waals surface area contributed by atoms with Gasteiger partial charge in [0.2, 0.25) is 0 Å². The Hall–Kier alpha value is -3.28. The zero-order valence-electron chi connectivity index (χ0n) is 14.8. The van der Waals surface area contributed by atoms with Crippen molar-refractivity contribution in [3.8, 4) is 0 Å². The molecule has 27 heavy (non-hydrogen) atoms. The van der Waals surface area contributed by atoms with Gasteiger partial charge in [-0.2, -0.15) is 0 Å². The third kappa shape index (κ3) is 3.79. The molecular formula is C21H20FN3O2. The largest absolute Gasteiger partial charge is 0.459 e. The summed E-state index contributed by atoms with van der Waals surface area (Å²) in [5.74, 6) is -0.169. The number of hydrogen-bond donors (Lipinski definition) is 1. The van der Waals surface area contributed by atoms with Crippen LogP contribution >= 0.6 is 0 Å². The van der Waals surface area contributed by atoms with Gasteiger partial charge in [0, 0.05) is 37.6 Å². The summed E-state index contributed by atoms with van der Waals surface area (Å²) in [6.45, 7) is 3.15. The topological polar surface area (TPSA) is 48.7 Å². The van der Waals surface area contributed by atoms with E-state index in [0.29, 0.717) is 11.4 Å². The van der Waals surface area contributed by atoms with E-state index in [4.69, 9.17) is 4.42 Å². The van der Waals surface area contributed by atoms with Crippen LogP contribution in [0.25, 0.3) is 0 Å². The number of nitrogens with zero attached hydrogens (tertiary/aromatic N) is 2. The van der Waals surface area contributed by atoms with E-state index in [1.54, 1.807) is 18.2 Å². The molecule has 0 spiro atoms. The van der Waals surface area contributed by atoms with E-state index in [1.807, 2.05) is 36.4 Å². The Kier molecular flexibility index (Phi) is 4.78. The number of furan rings is 1. The Balaban J connectivity index is 1.36. The summed E-state index contributed by atoms with van der Waals surface area (Å²) in [5.41, 5.74) is 2.46. The van der Waals surface area contributed by atoms with E-state index in [-0.39, 0.29) is 17.5 Å². The van der Waals surface area contributed by atoms with E-state index in [0.717, 1.165) is 31.9 Å². The number of carbonyl (C=O) groups is 1. The Morgan fingerprint density at radius 2 is 1.59 bits per heavy atom. The lowest BCUT2D eigenvalue weighted by Crippen LogP contribution is -2.46. The molecule has 0 atom stereocenters. The molecule has 1 amide bonds. The first kappa shape index (κ1) is 17.1. The molecule has 1 aliphatic rings. The maximum absolute atomic E-state index is 13.9.